The Morgan fingerprint density at radius 1 is 1.19 bits per heavy atom. The van der Waals surface area contributed by atoms with Crippen LogP contribution in [0.1, 0.15) is 60.5 Å². The first-order valence-electron chi connectivity index (χ1n) is 10.9. The van der Waals surface area contributed by atoms with E-state index in [1.165, 1.54) is 0 Å². The fraction of sp³-hybridized carbons (Fsp3) is 0.440. The van der Waals surface area contributed by atoms with Crippen LogP contribution in [0.15, 0.2) is 24.3 Å². The summed E-state index contributed by atoms with van der Waals surface area (Å²) in [6.07, 6.45) is 1.89. The minimum absolute atomic E-state index is 0.0169. The number of hydrogen-bond acceptors (Lipinski definition) is 4. The molecule has 0 saturated heterocycles. The van der Waals surface area contributed by atoms with Gasteiger partial charge < -0.3 is 21.1 Å². The largest absolute Gasteiger partial charge is 0.507 e. The fourth-order valence-electron chi connectivity index (χ4n) is 4.14. The first kappa shape index (κ1) is 22.7. The fourth-order valence-corrected chi connectivity index (χ4v) is 4.14. The summed E-state index contributed by atoms with van der Waals surface area (Å²) in [7, 11) is 0. The predicted octanol–water partition coefficient (Wildman–Crippen LogP) is 4.40. The molecule has 2 aromatic carbocycles. The second kappa shape index (κ2) is 9.00. The molecule has 0 bridgehead atoms. The van der Waals surface area contributed by atoms with Gasteiger partial charge in [0.2, 0.25) is 5.91 Å². The van der Waals surface area contributed by atoms with E-state index < -0.39 is 6.04 Å². The zero-order valence-corrected chi connectivity index (χ0v) is 19.1. The van der Waals surface area contributed by atoms with Gasteiger partial charge in [-0.3, -0.25) is 9.59 Å². The number of anilines is 2. The molecule has 0 saturated carbocycles. The average molecular weight is 424 g/mol. The highest BCUT2D eigenvalue weighted by molar-refractivity contribution is 5.99. The van der Waals surface area contributed by atoms with Crippen LogP contribution < -0.4 is 11.1 Å². The third kappa shape index (κ3) is 4.68. The molecular weight excluding hydrogens is 390 g/mol. The molecule has 0 aromatic heterocycles. The number of hydrogen-bond donors (Lipinski definition) is 3. The van der Waals surface area contributed by atoms with Crippen LogP contribution in [0.3, 0.4) is 0 Å². The van der Waals surface area contributed by atoms with Crippen molar-refractivity contribution in [3.63, 3.8) is 0 Å². The highest BCUT2D eigenvalue weighted by Gasteiger charge is 2.36. The molecule has 1 heterocycles. The summed E-state index contributed by atoms with van der Waals surface area (Å²) in [5.74, 6) is 0.361. The van der Waals surface area contributed by atoms with Crippen LogP contribution in [0, 0.1) is 26.7 Å². The van der Waals surface area contributed by atoms with E-state index in [4.69, 9.17) is 5.73 Å². The topological polar surface area (TPSA) is 95.7 Å². The molecule has 0 fully saturated rings. The lowest BCUT2D eigenvalue weighted by molar-refractivity contribution is -0.139. The van der Waals surface area contributed by atoms with Crippen molar-refractivity contribution in [3.8, 4) is 5.75 Å². The third-order valence-corrected chi connectivity index (χ3v) is 6.22. The van der Waals surface area contributed by atoms with Crippen molar-refractivity contribution < 1.29 is 14.7 Å². The highest BCUT2D eigenvalue weighted by Crippen LogP contribution is 2.35. The summed E-state index contributed by atoms with van der Waals surface area (Å²) in [6, 6.07) is 6.62. The van der Waals surface area contributed by atoms with Gasteiger partial charge in [-0.15, -0.1) is 0 Å². The number of carbonyl (C=O) groups is 2. The molecule has 4 N–H and O–H groups in total. The number of phenols is 1. The van der Waals surface area contributed by atoms with E-state index in [2.05, 4.69) is 19.2 Å². The maximum Gasteiger partial charge on any atom is 0.251 e. The molecule has 1 aliphatic rings. The maximum atomic E-state index is 13.5. The lowest BCUT2D eigenvalue weighted by atomic mass is 9.90. The molecule has 166 valence electrons. The molecule has 0 aliphatic carbocycles. The van der Waals surface area contributed by atoms with Gasteiger partial charge >= 0.3 is 0 Å². The molecule has 1 atom stereocenters. The lowest BCUT2D eigenvalue weighted by Crippen LogP contribution is -2.45. The van der Waals surface area contributed by atoms with E-state index in [9.17, 15) is 14.7 Å². The van der Waals surface area contributed by atoms with Gasteiger partial charge in [-0.1, -0.05) is 19.9 Å². The van der Waals surface area contributed by atoms with Gasteiger partial charge in [-0.2, -0.15) is 0 Å². The Kier molecular flexibility index (Phi) is 6.58. The average Bonchev–Trinajstić information content (AvgIpc) is 2.73. The van der Waals surface area contributed by atoms with Crippen LogP contribution in [0.25, 0.3) is 0 Å². The van der Waals surface area contributed by atoms with Crippen molar-refractivity contribution in [3.05, 3.63) is 52.1 Å². The number of nitrogens with zero attached hydrogens (tertiary/aromatic N) is 1. The molecule has 3 rings (SSSR count). The minimum Gasteiger partial charge on any atom is -0.507 e. The molecule has 1 unspecified atom stereocenters. The maximum absolute atomic E-state index is 13.5. The van der Waals surface area contributed by atoms with Gasteiger partial charge in [-0.25, -0.2) is 0 Å². The summed E-state index contributed by atoms with van der Waals surface area (Å²) >= 11 is 0. The number of nitrogens with one attached hydrogen (secondary N) is 1. The van der Waals surface area contributed by atoms with E-state index in [0.29, 0.717) is 42.2 Å². The summed E-state index contributed by atoms with van der Waals surface area (Å²) in [4.78, 5) is 28.3. The summed E-state index contributed by atoms with van der Waals surface area (Å²) in [5, 5.41) is 13.2. The Hall–Kier alpha value is -3.02. The second-order valence-electron chi connectivity index (χ2n) is 8.96. The normalized spacial score (nSPS) is 15.7. The van der Waals surface area contributed by atoms with Crippen LogP contribution in [0.4, 0.5) is 11.4 Å². The third-order valence-electron chi connectivity index (χ3n) is 6.22. The van der Waals surface area contributed by atoms with Gasteiger partial charge in [0.05, 0.1) is 0 Å². The molecule has 6 heteroatoms. The molecule has 31 heavy (non-hydrogen) atoms. The van der Waals surface area contributed by atoms with Gasteiger partial charge in [-0.05, 0) is 85.5 Å². The standard InChI is InChI=1S/C25H33N3O3/c1-14(2)6-9-22(29)28-11-10-18-7-8-19(26)13-20(18)23(28)25(31)27-21-12-15(3)24(30)17(5)16(21)4/h7-8,12-14,23,30H,6,9-11,26H2,1-5H3,(H,27,31). The highest BCUT2D eigenvalue weighted by atomic mass is 16.3. The number of nitrogens with two attached hydrogens (primary N) is 1. The number of nitrogen functional groups attached to an aromatic ring is 1. The number of benzene rings is 2. The molecule has 1 aliphatic heterocycles. The zero-order valence-electron chi connectivity index (χ0n) is 19.1. The zero-order chi connectivity index (χ0) is 22.9. The number of aryl methyl sites for hydroxylation is 1. The smallest absolute Gasteiger partial charge is 0.251 e. The SMILES string of the molecule is Cc1cc(NC(=O)C2c3cc(N)ccc3CCN2C(=O)CCC(C)C)c(C)c(C)c1O. The van der Waals surface area contributed by atoms with Crippen LogP contribution in [-0.4, -0.2) is 28.4 Å². The predicted molar refractivity (Wildman–Crippen MR) is 124 cm³/mol. The number of rotatable bonds is 5. The number of fused-ring (bicyclic) bond motifs is 1. The van der Waals surface area contributed by atoms with Crippen molar-refractivity contribution in [1.29, 1.82) is 0 Å². The van der Waals surface area contributed by atoms with Gasteiger partial charge in [0.15, 0.2) is 0 Å². The van der Waals surface area contributed by atoms with E-state index in [1.54, 1.807) is 17.9 Å². The monoisotopic (exact) mass is 423 g/mol. The Bertz CT molecular complexity index is 1010. The molecule has 0 spiro atoms. The summed E-state index contributed by atoms with van der Waals surface area (Å²) in [5.41, 5.74) is 11.3. The molecule has 2 amide bonds. The Balaban J connectivity index is 1.98. The van der Waals surface area contributed by atoms with Crippen molar-refractivity contribution in [2.75, 3.05) is 17.6 Å². The Labute approximate surface area is 184 Å². The summed E-state index contributed by atoms with van der Waals surface area (Å²) < 4.78 is 0. The van der Waals surface area contributed by atoms with Crippen molar-refractivity contribution in [1.82, 2.24) is 4.90 Å². The minimum atomic E-state index is -0.735. The second-order valence-corrected chi connectivity index (χ2v) is 8.96. The van der Waals surface area contributed by atoms with Crippen LogP contribution >= 0.6 is 0 Å². The van der Waals surface area contributed by atoms with Gasteiger partial charge in [0.1, 0.15) is 11.8 Å². The molecule has 2 aromatic rings. The quantitative estimate of drug-likeness (QED) is 0.491. The van der Waals surface area contributed by atoms with Gasteiger partial charge in [0.25, 0.3) is 5.91 Å². The molecular formula is C25H33N3O3. The first-order chi connectivity index (χ1) is 14.6. The van der Waals surface area contributed by atoms with E-state index in [-0.39, 0.29) is 17.6 Å². The number of amides is 2. The van der Waals surface area contributed by atoms with Crippen LogP contribution in [0.5, 0.6) is 5.75 Å². The van der Waals surface area contributed by atoms with Crippen molar-refractivity contribution >= 4 is 23.2 Å². The van der Waals surface area contributed by atoms with Crippen molar-refractivity contribution in [2.24, 2.45) is 5.92 Å². The Morgan fingerprint density at radius 3 is 2.58 bits per heavy atom. The lowest BCUT2D eigenvalue weighted by Gasteiger charge is -2.37. The van der Waals surface area contributed by atoms with E-state index in [1.807, 2.05) is 32.0 Å². The first-order valence-corrected chi connectivity index (χ1v) is 10.9. The number of phenolic OH excluding ortho intramolecular Hbond substituents is 1. The van der Waals surface area contributed by atoms with Gasteiger partial charge in [0, 0.05) is 24.3 Å². The molecule has 6 nitrogen and oxygen atoms in total. The number of carbonyl (C=O) groups excluding carboxylic acids is 2. The number of aromatic hydroxyl groups is 1. The van der Waals surface area contributed by atoms with Crippen LogP contribution in [-0.2, 0) is 16.0 Å². The molecule has 0 radical (unpaired) electrons. The van der Waals surface area contributed by atoms with Crippen molar-refractivity contribution in [2.45, 2.75) is 59.9 Å². The Morgan fingerprint density at radius 2 is 1.90 bits per heavy atom. The summed E-state index contributed by atoms with van der Waals surface area (Å²) in [6.45, 7) is 10.2. The van der Waals surface area contributed by atoms with Crippen LogP contribution in [0.2, 0.25) is 0 Å². The van der Waals surface area contributed by atoms with E-state index in [0.717, 1.165) is 28.7 Å². The van der Waals surface area contributed by atoms with E-state index >= 15 is 0 Å².